The predicted molar refractivity (Wildman–Crippen MR) is 123 cm³/mol. The topological polar surface area (TPSA) is 32.3 Å². The average Bonchev–Trinajstić information content (AvgIpc) is 3.01. The average molecular weight is 380 g/mol. The van der Waals surface area contributed by atoms with E-state index in [0.717, 1.165) is 16.8 Å². The van der Waals surface area contributed by atoms with E-state index in [9.17, 15) is 4.79 Å². The summed E-state index contributed by atoms with van der Waals surface area (Å²) in [5.74, 6) is -0.0629. The highest BCUT2D eigenvalue weighted by molar-refractivity contribution is 6.03. The van der Waals surface area contributed by atoms with E-state index in [0.29, 0.717) is 0 Å². The predicted octanol–water partition coefficient (Wildman–Crippen LogP) is 5.84. The summed E-state index contributed by atoms with van der Waals surface area (Å²) < 4.78 is 0. The maximum atomic E-state index is 11.5. The summed E-state index contributed by atoms with van der Waals surface area (Å²) in [6.07, 6.45) is 6.36. The van der Waals surface area contributed by atoms with Gasteiger partial charge in [0, 0.05) is 32.4 Å². The van der Waals surface area contributed by atoms with Crippen LogP contribution in [-0.4, -0.2) is 20.0 Å². The van der Waals surface area contributed by atoms with Crippen LogP contribution in [0.5, 0.6) is 0 Å². The normalized spacial score (nSPS) is 13.4. The molecule has 0 atom stereocenters. The molecule has 4 rings (SSSR count). The van der Waals surface area contributed by atoms with Gasteiger partial charge in [0.1, 0.15) is 0 Å². The molecule has 3 aromatic rings. The molecule has 1 N–H and O–H groups in total. The van der Waals surface area contributed by atoms with Gasteiger partial charge in [0.2, 0.25) is 5.91 Å². The summed E-state index contributed by atoms with van der Waals surface area (Å²) in [6, 6.07) is 23.0. The van der Waals surface area contributed by atoms with Gasteiger partial charge >= 0.3 is 0 Å². The number of fused-ring (bicyclic) bond motifs is 3. The molecule has 3 heteroatoms. The lowest BCUT2D eigenvalue weighted by Gasteiger charge is -2.11. The van der Waals surface area contributed by atoms with Gasteiger partial charge < -0.3 is 10.2 Å². The standard InChI is InChI=1S/C26H24N2O/c1-18(29)27-20-13-16-25-23-9-5-4-8-22(23)24(26(25)17-20)10-6-7-19-11-14-21(15-12-19)28(2)3/h4-17H,1-3H3,(H,27,29)/b7-6+,24-10-. The van der Waals surface area contributed by atoms with Crippen molar-refractivity contribution in [1.29, 1.82) is 0 Å². The summed E-state index contributed by atoms with van der Waals surface area (Å²) in [5.41, 5.74) is 9.12. The third-order valence-electron chi connectivity index (χ3n) is 5.10. The Hall–Kier alpha value is -3.59. The van der Waals surface area contributed by atoms with Gasteiger partial charge in [0.15, 0.2) is 0 Å². The van der Waals surface area contributed by atoms with Gasteiger partial charge in [0.25, 0.3) is 0 Å². The molecule has 1 aliphatic rings. The Morgan fingerprint density at radius 2 is 1.55 bits per heavy atom. The zero-order valence-electron chi connectivity index (χ0n) is 16.9. The number of hydrogen-bond donors (Lipinski definition) is 1. The molecule has 144 valence electrons. The highest BCUT2D eigenvalue weighted by atomic mass is 16.1. The van der Waals surface area contributed by atoms with Crippen LogP contribution in [0.4, 0.5) is 11.4 Å². The van der Waals surface area contributed by atoms with Crippen molar-refractivity contribution in [2.75, 3.05) is 24.3 Å². The van der Waals surface area contributed by atoms with E-state index < -0.39 is 0 Å². The lowest BCUT2D eigenvalue weighted by Crippen LogP contribution is -2.07. The Balaban J connectivity index is 1.70. The van der Waals surface area contributed by atoms with Crippen LogP contribution in [-0.2, 0) is 4.79 Å². The fourth-order valence-electron chi connectivity index (χ4n) is 3.70. The Bertz CT molecular complexity index is 1120. The highest BCUT2D eigenvalue weighted by Crippen LogP contribution is 2.45. The third-order valence-corrected chi connectivity index (χ3v) is 5.10. The van der Waals surface area contributed by atoms with Crippen LogP contribution >= 0.6 is 0 Å². The van der Waals surface area contributed by atoms with Crippen molar-refractivity contribution >= 4 is 28.9 Å². The molecule has 0 aliphatic heterocycles. The molecule has 0 saturated carbocycles. The smallest absolute Gasteiger partial charge is 0.221 e. The van der Waals surface area contributed by atoms with E-state index >= 15 is 0 Å². The molecule has 0 fully saturated rings. The summed E-state index contributed by atoms with van der Waals surface area (Å²) in [4.78, 5) is 13.6. The molecular weight excluding hydrogens is 356 g/mol. The van der Waals surface area contributed by atoms with Crippen molar-refractivity contribution < 1.29 is 4.79 Å². The number of nitrogens with one attached hydrogen (secondary N) is 1. The molecule has 0 radical (unpaired) electrons. The number of carbonyl (C=O) groups excluding carboxylic acids is 1. The molecular formula is C26H24N2O. The monoisotopic (exact) mass is 380 g/mol. The second-order valence-corrected chi connectivity index (χ2v) is 7.41. The van der Waals surface area contributed by atoms with E-state index in [1.807, 2.05) is 20.2 Å². The zero-order valence-corrected chi connectivity index (χ0v) is 16.9. The van der Waals surface area contributed by atoms with Gasteiger partial charge in [-0.1, -0.05) is 60.7 Å². The summed E-state index contributed by atoms with van der Waals surface area (Å²) in [7, 11) is 4.08. The minimum atomic E-state index is -0.0629. The number of rotatable bonds is 4. The first-order valence-electron chi connectivity index (χ1n) is 9.70. The number of amides is 1. The Morgan fingerprint density at radius 3 is 2.24 bits per heavy atom. The zero-order chi connectivity index (χ0) is 20.4. The van der Waals surface area contributed by atoms with Crippen molar-refractivity contribution in [3.63, 3.8) is 0 Å². The van der Waals surface area contributed by atoms with Crippen LogP contribution in [0.3, 0.4) is 0 Å². The fraction of sp³-hybridized carbons (Fsp3) is 0.115. The SMILES string of the molecule is CC(=O)Nc1ccc2c(c1)/C(=C\C=C\c1ccc(N(C)C)cc1)c1ccccc1-2. The molecule has 0 heterocycles. The van der Waals surface area contributed by atoms with E-state index in [4.69, 9.17) is 0 Å². The Kier molecular flexibility index (Phi) is 5.05. The van der Waals surface area contributed by atoms with E-state index in [1.54, 1.807) is 0 Å². The first-order chi connectivity index (χ1) is 14.0. The number of anilines is 2. The largest absolute Gasteiger partial charge is 0.378 e. The Labute approximate surface area is 172 Å². The third kappa shape index (κ3) is 3.85. The second kappa shape index (κ2) is 7.80. The molecule has 29 heavy (non-hydrogen) atoms. The number of carbonyl (C=O) groups is 1. The molecule has 3 nitrogen and oxygen atoms in total. The van der Waals surface area contributed by atoms with Crippen molar-refractivity contribution in [3.8, 4) is 11.1 Å². The lowest BCUT2D eigenvalue weighted by atomic mass is 10.0. The van der Waals surface area contributed by atoms with E-state index in [1.165, 1.54) is 34.9 Å². The van der Waals surface area contributed by atoms with Crippen molar-refractivity contribution in [3.05, 3.63) is 95.6 Å². The molecule has 0 bridgehead atoms. The molecule has 0 unspecified atom stereocenters. The first kappa shape index (κ1) is 18.8. The minimum Gasteiger partial charge on any atom is -0.378 e. The van der Waals surface area contributed by atoms with E-state index in [2.05, 4.69) is 89.1 Å². The van der Waals surface area contributed by atoms with Crippen molar-refractivity contribution in [1.82, 2.24) is 0 Å². The lowest BCUT2D eigenvalue weighted by molar-refractivity contribution is -0.114. The van der Waals surface area contributed by atoms with Crippen LogP contribution in [0.2, 0.25) is 0 Å². The number of allylic oxidation sites excluding steroid dienone is 2. The molecule has 1 amide bonds. The van der Waals surface area contributed by atoms with Gasteiger partial charge in [-0.15, -0.1) is 0 Å². The van der Waals surface area contributed by atoms with Crippen LogP contribution in [0.15, 0.2) is 78.9 Å². The van der Waals surface area contributed by atoms with Crippen molar-refractivity contribution in [2.45, 2.75) is 6.92 Å². The van der Waals surface area contributed by atoms with Gasteiger partial charge in [-0.25, -0.2) is 0 Å². The number of benzene rings is 3. The maximum Gasteiger partial charge on any atom is 0.221 e. The van der Waals surface area contributed by atoms with Crippen LogP contribution in [0.25, 0.3) is 22.8 Å². The molecule has 1 aliphatic carbocycles. The van der Waals surface area contributed by atoms with Gasteiger partial charge in [0.05, 0.1) is 0 Å². The summed E-state index contributed by atoms with van der Waals surface area (Å²) in [5, 5.41) is 2.89. The van der Waals surface area contributed by atoms with E-state index in [-0.39, 0.29) is 5.91 Å². The molecule has 0 aromatic heterocycles. The molecule has 0 saturated heterocycles. The van der Waals surface area contributed by atoms with Crippen LogP contribution in [0.1, 0.15) is 23.6 Å². The highest BCUT2D eigenvalue weighted by Gasteiger charge is 2.22. The van der Waals surface area contributed by atoms with Crippen LogP contribution in [0, 0.1) is 0 Å². The van der Waals surface area contributed by atoms with Crippen molar-refractivity contribution in [2.24, 2.45) is 0 Å². The number of nitrogens with zero attached hydrogens (tertiary/aromatic N) is 1. The van der Waals surface area contributed by atoms with Gasteiger partial charge in [-0.3, -0.25) is 4.79 Å². The van der Waals surface area contributed by atoms with Gasteiger partial charge in [-0.05, 0) is 57.7 Å². The number of hydrogen-bond acceptors (Lipinski definition) is 2. The fourth-order valence-corrected chi connectivity index (χ4v) is 3.70. The Morgan fingerprint density at radius 1 is 0.862 bits per heavy atom. The second-order valence-electron chi connectivity index (χ2n) is 7.41. The minimum absolute atomic E-state index is 0.0629. The first-order valence-corrected chi connectivity index (χ1v) is 9.70. The summed E-state index contributed by atoms with van der Waals surface area (Å²) in [6.45, 7) is 1.53. The molecule has 0 spiro atoms. The van der Waals surface area contributed by atoms with Gasteiger partial charge in [-0.2, -0.15) is 0 Å². The van der Waals surface area contributed by atoms with Crippen LogP contribution < -0.4 is 10.2 Å². The molecule has 3 aromatic carbocycles. The quantitative estimate of drug-likeness (QED) is 0.483. The maximum absolute atomic E-state index is 11.5. The summed E-state index contributed by atoms with van der Waals surface area (Å²) >= 11 is 0.